The number of carboxylic acid groups (broad SMARTS) is 1. The predicted molar refractivity (Wildman–Crippen MR) is 54.5 cm³/mol. The molecule has 1 aromatic heterocycles. The maximum absolute atomic E-state index is 10.6. The van der Waals surface area contributed by atoms with Gasteiger partial charge >= 0.3 is 5.97 Å². The lowest BCUT2D eigenvalue weighted by Crippen LogP contribution is -2.29. The van der Waals surface area contributed by atoms with Crippen molar-refractivity contribution in [2.45, 2.75) is 6.92 Å². The van der Waals surface area contributed by atoms with Crippen LogP contribution in [0.1, 0.15) is 12.6 Å². The summed E-state index contributed by atoms with van der Waals surface area (Å²) in [6.07, 6.45) is 1.50. The first-order valence-electron chi connectivity index (χ1n) is 4.50. The number of nitrogens with zero attached hydrogens (tertiary/aromatic N) is 3. The van der Waals surface area contributed by atoms with Crippen molar-refractivity contribution >= 4 is 11.7 Å². The molecule has 0 unspecified atom stereocenters. The van der Waals surface area contributed by atoms with Crippen LogP contribution >= 0.6 is 0 Å². The van der Waals surface area contributed by atoms with E-state index in [0.29, 0.717) is 12.2 Å². The van der Waals surface area contributed by atoms with Gasteiger partial charge in [-0.2, -0.15) is 5.26 Å². The third-order valence-electron chi connectivity index (χ3n) is 1.93. The number of nitriles is 1. The van der Waals surface area contributed by atoms with E-state index in [9.17, 15) is 4.79 Å². The second kappa shape index (κ2) is 4.96. The summed E-state index contributed by atoms with van der Waals surface area (Å²) < 4.78 is 0. The van der Waals surface area contributed by atoms with E-state index < -0.39 is 5.97 Å². The zero-order valence-electron chi connectivity index (χ0n) is 8.34. The van der Waals surface area contributed by atoms with Gasteiger partial charge in [0.1, 0.15) is 18.3 Å². The summed E-state index contributed by atoms with van der Waals surface area (Å²) >= 11 is 0. The lowest BCUT2D eigenvalue weighted by atomic mass is 10.3. The molecule has 0 aliphatic rings. The van der Waals surface area contributed by atoms with E-state index in [1.807, 2.05) is 13.0 Å². The highest BCUT2D eigenvalue weighted by Crippen LogP contribution is 2.13. The largest absolute Gasteiger partial charge is 0.480 e. The SMILES string of the molecule is CCN(CC(=O)O)c1ccnc(C#N)c1. The molecule has 0 bridgehead atoms. The lowest BCUT2D eigenvalue weighted by molar-refractivity contribution is -0.135. The molecular formula is C10H11N3O2. The molecule has 5 nitrogen and oxygen atoms in total. The highest BCUT2D eigenvalue weighted by atomic mass is 16.4. The Hall–Kier alpha value is -2.09. The van der Waals surface area contributed by atoms with E-state index in [-0.39, 0.29) is 12.2 Å². The summed E-state index contributed by atoms with van der Waals surface area (Å²) in [5.74, 6) is -0.896. The minimum atomic E-state index is -0.896. The van der Waals surface area contributed by atoms with Crippen molar-refractivity contribution < 1.29 is 9.90 Å². The number of anilines is 1. The number of hydrogen-bond donors (Lipinski definition) is 1. The molecule has 1 rings (SSSR count). The number of carbonyl (C=O) groups is 1. The van der Waals surface area contributed by atoms with E-state index in [4.69, 9.17) is 10.4 Å². The van der Waals surface area contributed by atoms with Crippen molar-refractivity contribution in [2.24, 2.45) is 0 Å². The van der Waals surface area contributed by atoms with Crippen LogP contribution in [-0.2, 0) is 4.79 Å². The van der Waals surface area contributed by atoms with E-state index in [2.05, 4.69) is 4.98 Å². The Morgan fingerprint density at radius 2 is 2.47 bits per heavy atom. The van der Waals surface area contributed by atoms with Crippen molar-refractivity contribution in [3.8, 4) is 6.07 Å². The monoisotopic (exact) mass is 205 g/mol. The number of aromatic nitrogens is 1. The standard InChI is InChI=1S/C10H11N3O2/c1-2-13(7-10(14)15)9-3-4-12-8(5-9)6-11/h3-5H,2,7H2,1H3,(H,14,15). The molecule has 0 saturated carbocycles. The van der Waals surface area contributed by atoms with Gasteiger partial charge in [0.25, 0.3) is 0 Å². The summed E-state index contributed by atoms with van der Waals surface area (Å²) in [7, 11) is 0. The van der Waals surface area contributed by atoms with Gasteiger partial charge < -0.3 is 10.0 Å². The van der Waals surface area contributed by atoms with E-state index >= 15 is 0 Å². The maximum Gasteiger partial charge on any atom is 0.323 e. The van der Waals surface area contributed by atoms with E-state index in [1.165, 1.54) is 6.20 Å². The number of aliphatic carboxylic acids is 1. The summed E-state index contributed by atoms with van der Waals surface area (Å²) in [4.78, 5) is 16.1. The van der Waals surface area contributed by atoms with Crippen LogP contribution in [-0.4, -0.2) is 29.1 Å². The van der Waals surface area contributed by atoms with Gasteiger partial charge in [-0.1, -0.05) is 0 Å². The fourth-order valence-corrected chi connectivity index (χ4v) is 1.23. The highest BCUT2D eigenvalue weighted by Gasteiger charge is 2.09. The van der Waals surface area contributed by atoms with Gasteiger partial charge in [0.2, 0.25) is 0 Å². The normalized spacial score (nSPS) is 9.33. The topological polar surface area (TPSA) is 77.2 Å². The van der Waals surface area contributed by atoms with E-state index in [1.54, 1.807) is 17.0 Å². The van der Waals surface area contributed by atoms with Crippen LogP contribution in [0.2, 0.25) is 0 Å². The summed E-state index contributed by atoms with van der Waals surface area (Å²) in [5, 5.41) is 17.3. The quantitative estimate of drug-likeness (QED) is 0.788. The molecule has 0 fully saturated rings. The average Bonchev–Trinajstić information content (AvgIpc) is 2.25. The molecule has 1 heterocycles. The molecule has 1 aromatic rings. The molecule has 0 aliphatic carbocycles. The van der Waals surface area contributed by atoms with Crippen LogP contribution in [0.4, 0.5) is 5.69 Å². The molecular weight excluding hydrogens is 194 g/mol. The molecule has 15 heavy (non-hydrogen) atoms. The minimum absolute atomic E-state index is 0.0780. The van der Waals surface area contributed by atoms with Crippen LogP contribution in [0, 0.1) is 11.3 Å². The smallest absolute Gasteiger partial charge is 0.323 e. The van der Waals surface area contributed by atoms with Crippen LogP contribution in [0.3, 0.4) is 0 Å². The predicted octanol–water partition coefficient (Wildman–Crippen LogP) is 0.864. The Morgan fingerprint density at radius 3 is 3.00 bits per heavy atom. The van der Waals surface area contributed by atoms with Crippen LogP contribution in [0.5, 0.6) is 0 Å². The fraction of sp³-hybridized carbons (Fsp3) is 0.300. The molecule has 0 amide bonds. The average molecular weight is 205 g/mol. The summed E-state index contributed by atoms with van der Waals surface area (Å²) in [6.45, 7) is 2.35. The number of hydrogen-bond acceptors (Lipinski definition) is 4. The van der Waals surface area contributed by atoms with Gasteiger partial charge in [-0.25, -0.2) is 4.98 Å². The first kappa shape index (κ1) is 11.0. The van der Waals surface area contributed by atoms with Gasteiger partial charge in [0.15, 0.2) is 0 Å². The molecule has 0 saturated heterocycles. The zero-order chi connectivity index (χ0) is 11.3. The lowest BCUT2D eigenvalue weighted by Gasteiger charge is -2.20. The van der Waals surface area contributed by atoms with Crippen molar-refractivity contribution in [1.82, 2.24) is 4.98 Å². The van der Waals surface area contributed by atoms with E-state index in [0.717, 1.165) is 0 Å². The molecule has 1 N–H and O–H groups in total. The molecule has 0 radical (unpaired) electrons. The van der Waals surface area contributed by atoms with Crippen molar-refractivity contribution in [3.05, 3.63) is 24.0 Å². The summed E-state index contributed by atoms with van der Waals surface area (Å²) in [5.41, 5.74) is 0.989. The third kappa shape index (κ3) is 2.95. The number of rotatable bonds is 4. The maximum atomic E-state index is 10.6. The second-order valence-electron chi connectivity index (χ2n) is 2.92. The summed E-state index contributed by atoms with van der Waals surface area (Å²) in [6, 6.07) is 5.18. The van der Waals surface area contributed by atoms with Crippen molar-refractivity contribution in [2.75, 3.05) is 18.0 Å². The molecule has 0 aromatic carbocycles. The first-order valence-corrected chi connectivity index (χ1v) is 4.50. The molecule has 0 atom stereocenters. The Bertz CT molecular complexity index is 398. The van der Waals surface area contributed by atoms with Gasteiger partial charge in [-0.3, -0.25) is 4.79 Å². The molecule has 0 spiro atoms. The third-order valence-corrected chi connectivity index (χ3v) is 1.93. The molecule has 0 aliphatic heterocycles. The highest BCUT2D eigenvalue weighted by molar-refractivity contribution is 5.73. The van der Waals surface area contributed by atoms with Crippen molar-refractivity contribution in [1.29, 1.82) is 5.26 Å². The van der Waals surface area contributed by atoms with Gasteiger partial charge in [-0.05, 0) is 19.1 Å². The van der Waals surface area contributed by atoms with Crippen LogP contribution in [0.25, 0.3) is 0 Å². The van der Waals surface area contributed by atoms with Crippen LogP contribution < -0.4 is 4.90 Å². The zero-order valence-corrected chi connectivity index (χ0v) is 8.34. The molecule has 5 heteroatoms. The Morgan fingerprint density at radius 1 is 1.73 bits per heavy atom. The number of likely N-dealkylation sites (N-methyl/N-ethyl adjacent to an activating group) is 1. The Labute approximate surface area is 87.6 Å². The first-order chi connectivity index (χ1) is 7.17. The van der Waals surface area contributed by atoms with Crippen LogP contribution in [0.15, 0.2) is 18.3 Å². The van der Waals surface area contributed by atoms with Crippen molar-refractivity contribution in [3.63, 3.8) is 0 Å². The molecule has 78 valence electrons. The number of carboxylic acids is 1. The Kier molecular flexibility index (Phi) is 3.63. The minimum Gasteiger partial charge on any atom is -0.480 e. The Balaban J connectivity index is 2.92. The number of pyridine rings is 1. The van der Waals surface area contributed by atoms with Gasteiger partial charge in [-0.15, -0.1) is 0 Å². The van der Waals surface area contributed by atoms with Gasteiger partial charge in [0, 0.05) is 18.4 Å². The second-order valence-corrected chi connectivity index (χ2v) is 2.92. The fourth-order valence-electron chi connectivity index (χ4n) is 1.23. The van der Waals surface area contributed by atoms with Gasteiger partial charge in [0.05, 0.1) is 0 Å².